The molecule has 1 aliphatic heterocycles. The van der Waals surface area contributed by atoms with Crippen LogP contribution in [-0.2, 0) is 9.53 Å². The van der Waals surface area contributed by atoms with E-state index in [-0.39, 0.29) is 12.5 Å². The van der Waals surface area contributed by atoms with Crippen molar-refractivity contribution >= 4 is 35.0 Å². The van der Waals surface area contributed by atoms with Crippen LogP contribution in [0, 0.1) is 0 Å². The molecule has 3 aromatic carbocycles. The first kappa shape index (κ1) is 21.8. The highest BCUT2D eigenvalue weighted by molar-refractivity contribution is 7.99. The monoisotopic (exact) mass is 449 g/mol. The molecule has 3 aromatic rings. The molecule has 0 atom stereocenters. The van der Waals surface area contributed by atoms with Crippen LogP contribution < -0.4 is 14.4 Å². The molecule has 0 spiro atoms. The first-order valence-electron chi connectivity index (χ1n) is 10.4. The Morgan fingerprint density at radius 2 is 1.41 bits per heavy atom. The largest absolute Gasteiger partial charge is 0.490 e. The van der Waals surface area contributed by atoms with E-state index in [2.05, 4.69) is 0 Å². The van der Waals surface area contributed by atoms with Crippen molar-refractivity contribution in [2.45, 2.75) is 23.6 Å². The Hall–Kier alpha value is -3.45. The summed E-state index contributed by atoms with van der Waals surface area (Å²) in [5, 5.41) is 0. The lowest BCUT2D eigenvalue weighted by atomic mass is 10.2. The number of nitrogens with zero attached hydrogens (tertiary/aromatic N) is 1. The molecule has 32 heavy (non-hydrogen) atoms. The van der Waals surface area contributed by atoms with Gasteiger partial charge in [0.1, 0.15) is 0 Å². The van der Waals surface area contributed by atoms with Gasteiger partial charge in [-0.3, -0.25) is 9.69 Å². The zero-order valence-corrected chi connectivity index (χ0v) is 18.7. The summed E-state index contributed by atoms with van der Waals surface area (Å²) in [6.45, 7) is 4.26. The summed E-state index contributed by atoms with van der Waals surface area (Å²) < 4.78 is 16.5. The summed E-state index contributed by atoms with van der Waals surface area (Å²) in [5.41, 5.74) is 1.84. The molecule has 6 nitrogen and oxygen atoms in total. The van der Waals surface area contributed by atoms with E-state index in [4.69, 9.17) is 14.2 Å². The van der Waals surface area contributed by atoms with Gasteiger partial charge in [0.15, 0.2) is 18.1 Å². The fourth-order valence-corrected chi connectivity index (χ4v) is 4.48. The Balaban J connectivity index is 1.52. The van der Waals surface area contributed by atoms with E-state index in [1.54, 1.807) is 34.9 Å². The minimum Gasteiger partial charge on any atom is -0.490 e. The molecule has 0 bridgehead atoms. The average molecular weight is 450 g/mol. The fourth-order valence-electron chi connectivity index (χ4n) is 3.43. The smallest absolute Gasteiger partial charge is 0.338 e. The summed E-state index contributed by atoms with van der Waals surface area (Å²) >= 11 is 1.61. The second kappa shape index (κ2) is 9.78. The van der Waals surface area contributed by atoms with Gasteiger partial charge in [-0.25, -0.2) is 4.79 Å². The number of benzene rings is 3. The van der Waals surface area contributed by atoms with Crippen LogP contribution in [0.25, 0.3) is 0 Å². The Morgan fingerprint density at radius 3 is 2.03 bits per heavy atom. The normalized spacial score (nSPS) is 11.9. The van der Waals surface area contributed by atoms with Crippen LogP contribution in [0.1, 0.15) is 24.2 Å². The molecule has 0 fully saturated rings. The third-order valence-electron chi connectivity index (χ3n) is 4.79. The zero-order chi connectivity index (χ0) is 22.5. The SMILES string of the molecule is CCOc1ccc(C(=O)OCC(=O)N2c3ccccc3Sc3ccccc32)cc1OCC. The Kier molecular flexibility index (Phi) is 6.66. The third-order valence-corrected chi connectivity index (χ3v) is 5.92. The van der Waals surface area contributed by atoms with Crippen molar-refractivity contribution in [2.75, 3.05) is 24.7 Å². The van der Waals surface area contributed by atoms with E-state index in [0.717, 1.165) is 21.2 Å². The minimum absolute atomic E-state index is 0.291. The summed E-state index contributed by atoms with van der Waals surface area (Å²) in [5.74, 6) is 0.0943. The Bertz CT molecular complexity index is 1100. The van der Waals surface area contributed by atoms with Gasteiger partial charge < -0.3 is 14.2 Å². The highest BCUT2D eigenvalue weighted by Crippen LogP contribution is 2.47. The summed E-state index contributed by atoms with van der Waals surface area (Å²) in [6, 6.07) is 20.2. The third kappa shape index (κ3) is 4.43. The number of carbonyl (C=O) groups excluding carboxylic acids is 2. The molecular formula is C25H23NO5S. The standard InChI is InChI=1S/C25H23NO5S/c1-3-29-20-14-13-17(15-21(20)30-4-2)25(28)31-16-24(27)26-18-9-5-7-11-22(18)32-23-12-8-6-10-19(23)26/h5-15H,3-4,16H2,1-2H3. The topological polar surface area (TPSA) is 65.1 Å². The van der Waals surface area contributed by atoms with Gasteiger partial charge in [-0.1, -0.05) is 36.0 Å². The predicted octanol–water partition coefficient (Wildman–Crippen LogP) is 5.47. The van der Waals surface area contributed by atoms with Crippen LogP contribution >= 0.6 is 11.8 Å². The molecule has 0 saturated heterocycles. The highest BCUT2D eigenvalue weighted by Gasteiger charge is 2.28. The first-order valence-corrected chi connectivity index (χ1v) is 11.2. The van der Waals surface area contributed by atoms with E-state index in [1.807, 2.05) is 62.4 Å². The fraction of sp³-hybridized carbons (Fsp3) is 0.200. The number of amides is 1. The molecule has 0 radical (unpaired) electrons. The second-order valence-corrected chi connectivity index (χ2v) is 7.95. The number of carbonyl (C=O) groups is 2. The number of para-hydroxylation sites is 2. The van der Waals surface area contributed by atoms with Crippen LogP contribution in [-0.4, -0.2) is 31.7 Å². The molecule has 7 heteroatoms. The second-order valence-electron chi connectivity index (χ2n) is 6.87. The van der Waals surface area contributed by atoms with Gasteiger partial charge in [-0.2, -0.15) is 0 Å². The maximum Gasteiger partial charge on any atom is 0.338 e. The summed E-state index contributed by atoms with van der Waals surface area (Å²) in [6.07, 6.45) is 0. The molecule has 4 rings (SSSR count). The molecule has 0 aromatic heterocycles. The van der Waals surface area contributed by atoms with E-state index in [9.17, 15) is 9.59 Å². The quantitative estimate of drug-likeness (QED) is 0.446. The lowest BCUT2D eigenvalue weighted by Gasteiger charge is -2.30. The van der Waals surface area contributed by atoms with Gasteiger partial charge in [0.05, 0.1) is 30.2 Å². The van der Waals surface area contributed by atoms with Gasteiger partial charge in [0.25, 0.3) is 5.91 Å². The van der Waals surface area contributed by atoms with Crippen LogP contribution in [0.4, 0.5) is 11.4 Å². The van der Waals surface area contributed by atoms with Crippen LogP contribution in [0.15, 0.2) is 76.5 Å². The van der Waals surface area contributed by atoms with Gasteiger partial charge in [-0.15, -0.1) is 0 Å². The van der Waals surface area contributed by atoms with Crippen LogP contribution in [0.5, 0.6) is 11.5 Å². The van der Waals surface area contributed by atoms with Crippen molar-refractivity contribution < 1.29 is 23.8 Å². The number of hydrogen-bond donors (Lipinski definition) is 0. The van der Waals surface area contributed by atoms with Crippen LogP contribution in [0.3, 0.4) is 0 Å². The van der Waals surface area contributed by atoms with E-state index >= 15 is 0 Å². The van der Waals surface area contributed by atoms with Crippen molar-refractivity contribution in [3.05, 3.63) is 72.3 Å². The van der Waals surface area contributed by atoms with E-state index < -0.39 is 5.97 Å². The molecule has 1 heterocycles. The maximum atomic E-state index is 13.2. The van der Waals surface area contributed by atoms with Crippen molar-refractivity contribution in [1.29, 1.82) is 0 Å². The first-order chi connectivity index (χ1) is 15.6. The summed E-state index contributed by atoms with van der Waals surface area (Å²) in [4.78, 5) is 29.4. The highest BCUT2D eigenvalue weighted by atomic mass is 32.2. The number of fused-ring (bicyclic) bond motifs is 2. The number of esters is 1. The average Bonchev–Trinajstić information content (AvgIpc) is 2.82. The Morgan fingerprint density at radius 1 is 0.812 bits per heavy atom. The number of hydrogen-bond acceptors (Lipinski definition) is 6. The molecule has 1 aliphatic rings. The van der Waals surface area contributed by atoms with Gasteiger partial charge >= 0.3 is 5.97 Å². The van der Waals surface area contributed by atoms with Crippen molar-refractivity contribution in [1.82, 2.24) is 0 Å². The molecule has 0 unspecified atom stereocenters. The van der Waals surface area contributed by atoms with E-state index in [1.165, 1.54) is 0 Å². The molecule has 0 saturated carbocycles. The van der Waals surface area contributed by atoms with E-state index in [0.29, 0.717) is 30.3 Å². The summed E-state index contributed by atoms with van der Waals surface area (Å²) in [7, 11) is 0. The molecule has 1 amide bonds. The molecular weight excluding hydrogens is 426 g/mol. The van der Waals surface area contributed by atoms with Crippen molar-refractivity contribution in [3.8, 4) is 11.5 Å². The lowest BCUT2D eigenvalue weighted by Crippen LogP contribution is -2.32. The Labute approximate surface area is 191 Å². The number of rotatable bonds is 7. The van der Waals surface area contributed by atoms with Crippen molar-refractivity contribution in [3.63, 3.8) is 0 Å². The van der Waals surface area contributed by atoms with Gasteiger partial charge in [0, 0.05) is 9.79 Å². The number of anilines is 2. The molecule has 0 N–H and O–H groups in total. The van der Waals surface area contributed by atoms with Crippen molar-refractivity contribution in [2.24, 2.45) is 0 Å². The van der Waals surface area contributed by atoms with Crippen LogP contribution in [0.2, 0.25) is 0 Å². The predicted molar refractivity (Wildman–Crippen MR) is 123 cm³/mol. The minimum atomic E-state index is -0.602. The molecule has 164 valence electrons. The maximum absolute atomic E-state index is 13.2. The number of ether oxygens (including phenoxy) is 3. The van der Waals surface area contributed by atoms with Gasteiger partial charge in [-0.05, 0) is 56.3 Å². The molecule has 0 aliphatic carbocycles. The zero-order valence-electron chi connectivity index (χ0n) is 17.9. The van der Waals surface area contributed by atoms with Gasteiger partial charge in [0.2, 0.25) is 0 Å². The lowest BCUT2D eigenvalue weighted by molar-refractivity contribution is -0.121.